The van der Waals surface area contributed by atoms with Crippen LogP contribution < -0.4 is 5.32 Å². The molecule has 1 aliphatic rings. The van der Waals surface area contributed by atoms with E-state index in [-0.39, 0.29) is 18.5 Å². The summed E-state index contributed by atoms with van der Waals surface area (Å²) in [6.07, 6.45) is 59.4. The van der Waals surface area contributed by atoms with E-state index in [1.807, 2.05) is 6.08 Å². The van der Waals surface area contributed by atoms with Gasteiger partial charge in [0.1, 0.15) is 24.4 Å². The molecular weight excluding hydrogens is 955 g/mol. The smallest absolute Gasteiger partial charge is 0.305 e. The molecule has 76 heavy (non-hydrogen) atoms. The summed E-state index contributed by atoms with van der Waals surface area (Å²) >= 11 is 0. The van der Waals surface area contributed by atoms with Crippen molar-refractivity contribution >= 4 is 11.9 Å². The van der Waals surface area contributed by atoms with Crippen molar-refractivity contribution in [2.24, 2.45) is 0 Å². The largest absolute Gasteiger partial charge is 0.466 e. The van der Waals surface area contributed by atoms with Gasteiger partial charge in [-0.15, -0.1) is 0 Å². The van der Waals surface area contributed by atoms with Gasteiger partial charge in [-0.25, -0.2) is 0 Å². The summed E-state index contributed by atoms with van der Waals surface area (Å²) in [5, 5.41) is 54.3. The van der Waals surface area contributed by atoms with Gasteiger partial charge in [0.15, 0.2) is 6.29 Å². The minimum atomic E-state index is -1.57. The Bertz CT molecular complexity index is 1400. The number of allylic oxidation sites excluding steroid dienone is 7. The van der Waals surface area contributed by atoms with Crippen molar-refractivity contribution < 1.29 is 49.3 Å². The van der Waals surface area contributed by atoms with Crippen LogP contribution in [0.25, 0.3) is 0 Å². The number of ether oxygens (including phenoxy) is 3. The highest BCUT2D eigenvalue weighted by Gasteiger charge is 2.44. The molecule has 1 fully saturated rings. The molecule has 0 bridgehead atoms. The van der Waals surface area contributed by atoms with Gasteiger partial charge in [0, 0.05) is 12.8 Å². The molecule has 1 saturated heterocycles. The van der Waals surface area contributed by atoms with Crippen molar-refractivity contribution in [1.29, 1.82) is 0 Å². The summed E-state index contributed by atoms with van der Waals surface area (Å²) in [4.78, 5) is 25.0. The number of unbranched alkanes of at least 4 members (excludes halogenated alkanes) is 35. The highest BCUT2D eigenvalue weighted by Crippen LogP contribution is 2.23. The molecule has 0 spiro atoms. The van der Waals surface area contributed by atoms with Crippen molar-refractivity contribution in [3.05, 3.63) is 48.6 Å². The molecule has 0 saturated carbocycles. The average molecular weight is 1070 g/mol. The third-order valence-electron chi connectivity index (χ3n) is 14.9. The molecule has 1 aliphatic heterocycles. The first-order valence-corrected chi connectivity index (χ1v) is 31.9. The van der Waals surface area contributed by atoms with E-state index in [4.69, 9.17) is 14.2 Å². The molecule has 0 aromatic rings. The van der Waals surface area contributed by atoms with Crippen LogP contribution in [0.2, 0.25) is 0 Å². The molecule has 6 N–H and O–H groups in total. The lowest BCUT2D eigenvalue weighted by molar-refractivity contribution is -0.302. The SMILES string of the molecule is CCCC/C=C\CCCCCCCC(=O)OCCCCCCCCCCC/C=C\C/C=C\CCCCCCCCCCCCCC(=O)NC(COC1OC(CO)C(O)C(O)C1O)C(O)/C=C/CCCCCCCCCC. The van der Waals surface area contributed by atoms with Crippen LogP contribution >= 0.6 is 0 Å². The minimum absolute atomic E-state index is 0.0105. The number of carbonyl (C=O) groups is 2. The molecule has 1 amide bonds. The van der Waals surface area contributed by atoms with E-state index in [0.29, 0.717) is 19.4 Å². The third kappa shape index (κ3) is 43.5. The highest BCUT2D eigenvalue weighted by molar-refractivity contribution is 5.76. The molecule has 0 radical (unpaired) electrons. The summed E-state index contributed by atoms with van der Waals surface area (Å²) in [6, 6.07) is -0.812. The molecule has 0 aromatic heterocycles. The lowest BCUT2D eigenvalue weighted by Gasteiger charge is -2.40. The van der Waals surface area contributed by atoms with Crippen molar-refractivity contribution in [2.75, 3.05) is 19.8 Å². The summed E-state index contributed by atoms with van der Waals surface area (Å²) in [6.45, 7) is 4.29. The molecule has 444 valence electrons. The van der Waals surface area contributed by atoms with Gasteiger partial charge in [-0.1, -0.05) is 242 Å². The molecule has 7 atom stereocenters. The molecular formula is C65H119NO10. The molecule has 0 aliphatic carbocycles. The molecule has 11 nitrogen and oxygen atoms in total. The normalized spacial score (nSPS) is 19.0. The number of aliphatic hydroxyl groups is 5. The predicted octanol–water partition coefficient (Wildman–Crippen LogP) is 15.2. The van der Waals surface area contributed by atoms with Gasteiger partial charge in [0.05, 0.1) is 32.0 Å². The maximum Gasteiger partial charge on any atom is 0.305 e. The fourth-order valence-electron chi connectivity index (χ4n) is 9.80. The van der Waals surface area contributed by atoms with Crippen molar-refractivity contribution in [3.8, 4) is 0 Å². The predicted molar refractivity (Wildman–Crippen MR) is 315 cm³/mol. The quantitative estimate of drug-likeness (QED) is 0.0195. The summed E-state index contributed by atoms with van der Waals surface area (Å²) < 4.78 is 16.7. The Labute approximate surface area is 466 Å². The Morgan fingerprint density at radius 1 is 0.487 bits per heavy atom. The Balaban J connectivity index is 2.01. The second kappa shape index (κ2) is 54.6. The minimum Gasteiger partial charge on any atom is -0.466 e. The van der Waals surface area contributed by atoms with Gasteiger partial charge in [-0.05, 0) is 83.5 Å². The number of hydrogen-bond donors (Lipinski definition) is 6. The molecule has 0 aromatic carbocycles. The van der Waals surface area contributed by atoms with Crippen molar-refractivity contribution in [2.45, 2.75) is 333 Å². The number of rotatable bonds is 55. The van der Waals surface area contributed by atoms with Crippen LogP contribution in [-0.4, -0.2) is 100 Å². The first-order valence-electron chi connectivity index (χ1n) is 31.9. The van der Waals surface area contributed by atoms with E-state index in [2.05, 4.69) is 55.6 Å². The summed E-state index contributed by atoms with van der Waals surface area (Å²) in [5.74, 6) is -0.197. The van der Waals surface area contributed by atoms with Crippen LogP contribution in [0.5, 0.6) is 0 Å². The fourth-order valence-corrected chi connectivity index (χ4v) is 9.80. The molecule has 1 heterocycles. The first kappa shape index (κ1) is 71.6. The van der Waals surface area contributed by atoms with Gasteiger partial charge in [0.2, 0.25) is 5.91 Å². The second-order valence-electron chi connectivity index (χ2n) is 22.1. The average Bonchev–Trinajstić information content (AvgIpc) is 3.42. The zero-order valence-corrected chi connectivity index (χ0v) is 49.0. The number of amides is 1. The number of hydrogen-bond acceptors (Lipinski definition) is 10. The topological polar surface area (TPSA) is 175 Å². The second-order valence-corrected chi connectivity index (χ2v) is 22.1. The van der Waals surface area contributed by atoms with Crippen LogP contribution in [0, 0.1) is 0 Å². The highest BCUT2D eigenvalue weighted by atomic mass is 16.7. The maximum atomic E-state index is 13.0. The van der Waals surface area contributed by atoms with Crippen LogP contribution in [0.1, 0.15) is 290 Å². The van der Waals surface area contributed by atoms with Gasteiger partial charge < -0.3 is 45.1 Å². The molecule has 7 unspecified atom stereocenters. The lowest BCUT2D eigenvalue weighted by atomic mass is 9.99. The Morgan fingerprint density at radius 3 is 1.38 bits per heavy atom. The molecule has 1 rings (SSSR count). The Hall–Kier alpha value is -2.38. The van der Waals surface area contributed by atoms with Gasteiger partial charge >= 0.3 is 5.97 Å². The van der Waals surface area contributed by atoms with E-state index in [9.17, 15) is 35.1 Å². The summed E-state index contributed by atoms with van der Waals surface area (Å²) in [7, 11) is 0. The van der Waals surface area contributed by atoms with Crippen LogP contribution in [0.4, 0.5) is 0 Å². The van der Waals surface area contributed by atoms with Crippen LogP contribution in [0.15, 0.2) is 48.6 Å². The van der Waals surface area contributed by atoms with Gasteiger partial charge in [-0.3, -0.25) is 9.59 Å². The van der Waals surface area contributed by atoms with Crippen molar-refractivity contribution in [1.82, 2.24) is 5.32 Å². The van der Waals surface area contributed by atoms with E-state index < -0.39 is 49.5 Å². The lowest BCUT2D eigenvalue weighted by Crippen LogP contribution is -2.60. The van der Waals surface area contributed by atoms with Gasteiger partial charge in [0.25, 0.3) is 0 Å². The Morgan fingerprint density at radius 2 is 0.895 bits per heavy atom. The third-order valence-corrected chi connectivity index (χ3v) is 14.9. The number of esters is 1. The zero-order valence-electron chi connectivity index (χ0n) is 49.0. The number of nitrogens with one attached hydrogen (secondary N) is 1. The van der Waals surface area contributed by atoms with E-state index in [0.717, 1.165) is 70.6 Å². The molecule has 11 heteroatoms. The van der Waals surface area contributed by atoms with Gasteiger partial charge in [-0.2, -0.15) is 0 Å². The van der Waals surface area contributed by atoms with Crippen molar-refractivity contribution in [3.63, 3.8) is 0 Å². The maximum absolute atomic E-state index is 13.0. The standard InChI is InChI=1S/C65H119NO10/c1-3-5-7-9-11-13-32-37-41-45-49-53-61(70)74-54-50-46-42-38-34-31-29-27-25-23-21-19-17-15-16-18-20-22-24-26-28-30-33-36-40-44-48-52-60(69)66-57(56-75-65-64(73)63(72)62(71)59(55-67)76-65)58(68)51-47-43-39-35-14-12-10-8-6-4-2/h9,11,15-16,19,21,47,51,57-59,62-65,67-68,71-73H,3-8,10,12-14,17-18,20,22-46,48-50,52-56H2,1-2H3,(H,66,69)/b11-9-,16-15-,21-19-,51-47+. The van der Waals surface area contributed by atoms with E-state index >= 15 is 0 Å². The monoisotopic (exact) mass is 1070 g/mol. The van der Waals surface area contributed by atoms with E-state index in [1.165, 1.54) is 193 Å². The first-order chi connectivity index (χ1) is 37.2. The number of aliphatic hydroxyl groups excluding tert-OH is 5. The Kier molecular flexibility index (Phi) is 51.4. The van der Waals surface area contributed by atoms with E-state index in [1.54, 1.807) is 6.08 Å². The number of carbonyl (C=O) groups excluding carboxylic acids is 2. The fraction of sp³-hybridized carbons (Fsp3) is 0.846. The van der Waals surface area contributed by atoms with Crippen LogP contribution in [0.3, 0.4) is 0 Å². The zero-order chi connectivity index (χ0) is 55.2. The van der Waals surface area contributed by atoms with Crippen LogP contribution in [-0.2, 0) is 23.8 Å². The summed E-state index contributed by atoms with van der Waals surface area (Å²) in [5.41, 5.74) is 0.